The molecule has 6 heteroatoms. The van der Waals surface area contributed by atoms with Crippen molar-refractivity contribution in [1.29, 1.82) is 0 Å². The number of carbonyl (C=O) groups excluding carboxylic acids is 2. The third-order valence-electron chi connectivity index (χ3n) is 5.85. The predicted molar refractivity (Wildman–Crippen MR) is 128 cm³/mol. The third kappa shape index (κ3) is 3.56. The number of benzene rings is 2. The number of amides is 1. The Morgan fingerprint density at radius 3 is 2.62 bits per heavy atom. The van der Waals surface area contributed by atoms with Gasteiger partial charge < -0.3 is 10.1 Å². The minimum Gasteiger partial charge on any atom is -0.465 e. The lowest BCUT2D eigenvalue weighted by atomic mass is 10.0. The summed E-state index contributed by atoms with van der Waals surface area (Å²) in [6.45, 7) is 2.04. The topological polar surface area (TPSA) is 68.3 Å². The van der Waals surface area contributed by atoms with E-state index in [1.165, 1.54) is 18.4 Å². The van der Waals surface area contributed by atoms with Gasteiger partial charge in [0.25, 0.3) is 5.91 Å². The van der Waals surface area contributed by atoms with Gasteiger partial charge in [-0.3, -0.25) is 4.79 Å². The summed E-state index contributed by atoms with van der Waals surface area (Å²) in [5.41, 5.74) is 5.62. The van der Waals surface area contributed by atoms with Gasteiger partial charge in [-0.25, -0.2) is 9.78 Å². The number of fused-ring (bicyclic) bond motifs is 2. The number of pyridine rings is 1. The lowest BCUT2D eigenvalue weighted by Gasteiger charge is -2.11. The zero-order valence-corrected chi connectivity index (χ0v) is 18.7. The van der Waals surface area contributed by atoms with Gasteiger partial charge in [0, 0.05) is 15.8 Å². The van der Waals surface area contributed by atoms with Crippen LogP contribution in [0.3, 0.4) is 0 Å². The van der Waals surface area contributed by atoms with Crippen LogP contribution in [-0.2, 0) is 17.6 Å². The van der Waals surface area contributed by atoms with Gasteiger partial charge >= 0.3 is 5.97 Å². The first-order valence-corrected chi connectivity index (χ1v) is 11.4. The van der Waals surface area contributed by atoms with Crippen LogP contribution in [0.1, 0.15) is 43.1 Å². The van der Waals surface area contributed by atoms with E-state index in [1.807, 2.05) is 61.5 Å². The molecule has 0 aliphatic heterocycles. The quantitative estimate of drug-likeness (QED) is 0.406. The van der Waals surface area contributed by atoms with Crippen LogP contribution in [0.4, 0.5) is 5.00 Å². The molecule has 2 heterocycles. The van der Waals surface area contributed by atoms with Crippen LogP contribution in [0.15, 0.2) is 54.6 Å². The van der Waals surface area contributed by atoms with Gasteiger partial charge in [0.05, 0.1) is 29.4 Å². The van der Waals surface area contributed by atoms with Crippen molar-refractivity contribution < 1.29 is 14.3 Å². The molecule has 0 fully saturated rings. The van der Waals surface area contributed by atoms with Crippen molar-refractivity contribution in [2.75, 3.05) is 12.4 Å². The van der Waals surface area contributed by atoms with Crippen LogP contribution < -0.4 is 5.32 Å². The molecule has 1 amide bonds. The molecule has 32 heavy (non-hydrogen) atoms. The summed E-state index contributed by atoms with van der Waals surface area (Å²) >= 11 is 1.47. The molecular weight excluding hydrogens is 420 g/mol. The maximum atomic E-state index is 13.5. The second-order valence-electron chi connectivity index (χ2n) is 7.95. The van der Waals surface area contributed by atoms with Crippen LogP contribution in [0.5, 0.6) is 0 Å². The number of aromatic nitrogens is 1. The Balaban J connectivity index is 1.58. The maximum absolute atomic E-state index is 13.5. The zero-order valence-electron chi connectivity index (χ0n) is 17.9. The van der Waals surface area contributed by atoms with Crippen LogP contribution >= 0.6 is 11.3 Å². The number of thiophene rings is 1. The van der Waals surface area contributed by atoms with Crippen LogP contribution in [-0.4, -0.2) is 24.0 Å². The van der Waals surface area contributed by atoms with Gasteiger partial charge in [0.1, 0.15) is 5.00 Å². The Labute approximate surface area is 190 Å². The normalized spacial score (nSPS) is 12.6. The molecule has 0 unspecified atom stereocenters. The number of ether oxygens (including phenoxy) is 1. The fraction of sp³-hybridized carbons (Fsp3) is 0.192. The molecule has 4 aromatic rings. The molecule has 5 rings (SSSR count). The average molecular weight is 443 g/mol. The molecular formula is C26H22N2O3S. The van der Waals surface area contributed by atoms with Crippen molar-refractivity contribution in [2.24, 2.45) is 0 Å². The highest BCUT2D eigenvalue weighted by Gasteiger charge is 2.28. The highest BCUT2D eigenvalue weighted by molar-refractivity contribution is 7.17. The first kappa shape index (κ1) is 20.4. The number of para-hydroxylation sites is 1. The number of methoxy groups -OCH3 is 1. The Bertz CT molecular complexity index is 1360. The summed E-state index contributed by atoms with van der Waals surface area (Å²) in [7, 11) is 1.37. The number of nitrogens with zero attached hydrogens (tertiary/aromatic N) is 1. The average Bonchev–Trinajstić information content (AvgIpc) is 3.39. The number of hydrogen-bond donors (Lipinski definition) is 1. The number of rotatable bonds is 4. The molecule has 0 saturated carbocycles. The van der Waals surface area contributed by atoms with E-state index in [4.69, 9.17) is 9.72 Å². The third-order valence-corrected chi connectivity index (χ3v) is 7.05. The van der Waals surface area contributed by atoms with Gasteiger partial charge in [-0.2, -0.15) is 0 Å². The maximum Gasteiger partial charge on any atom is 0.341 e. The molecule has 2 aromatic carbocycles. The monoisotopic (exact) mass is 442 g/mol. The molecule has 1 N–H and O–H groups in total. The van der Waals surface area contributed by atoms with E-state index < -0.39 is 5.97 Å². The highest BCUT2D eigenvalue weighted by Crippen LogP contribution is 2.40. The standard InChI is InChI=1S/C26H22N2O3S/c1-15-10-12-16(13-11-15)21-14-19(17-6-3-4-8-20(17)27-21)24(29)28-25-23(26(30)31-2)18-7-5-9-22(18)32-25/h3-4,6,8,10-14H,5,7,9H2,1-2H3,(H,28,29). The lowest BCUT2D eigenvalue weighted by molar-refractivity contribution is 0.0601. The molecule has 1 aliphatic carbocycles. The van der Waals surface area contributed by atoms with Crippen molar-refractivity contribution in [2.45, 2.75) is 26.2 Å². The molecule has 0 saturated heterocycles. The van der Waals surface area contributed by atoms with E-state index in [-0.39, 0.29) is 5.91 Å². The minimum atomic E-state index is -0.403. The summed E-state index contributed by atoms with van der Waals surface area (Å²) in [6.07, 6.45) is 2.78. The molecule has 1 aliphatic rings. The summed E-state index contributed by atoms with van der Waals surface area (Å²) < 4.78 is 5.01. The van der Waals surface area contributed by atoms with Gasteiger partial charge in [0.15, 0.2) is 0 Å². The number of anilines is 1. The fourth-order valence-electron chi connectivity index (χ4n) is 4.22. The van der Waals surface area contributed by atoms with Crippen LogP contribution in [0.2, 0.25) is 0 Å². The molecule has 5 nitrogen and oxygen atoms in total. The molecule has 0 spiro atoms. The van der Waals surface area contributed by atoms with E-state index >= 15 is 0 Å². The predicted octanol–water partition coefficient (Wildman–Crippen LogP) is 5.80. The Kier molecular flexibility index (Phi) is 5.23. The smallest absolute Gasteiger partial charge is 0.341 e. The lowest BCUT2D eigenvalue weighted by Crippen LogP contribution is -2.15. The Hall–Kier alpha value is -3.51. The fourth-order valence-corrected chi connectivity index (χ4v) is 5.49. The van der Waals surface area contributed by atoms with E-state index in [0.717, 1.165) is 57.4 Å². The second-order valence-corrected chi connectivity index (χ2v) is 9.05. The first-order chi connectivity index (χ1) is 15.5. The molecule has 0 bridgehead atoms. The van der Waals surface area contributed by atoms with Crippen molar-refractivity contribution in [3.63, 3.8) is 0 Å². The molecule has 160 valence electrons. The van der Waals surface area contributed by atoms with E-state index in [9.17, 15) is 9.59 Å². The van der Waals surface area contributed by atoms with Gasteiger partial charge in [0.2, 0.25) is 0 Å². The number of esters is 1. The number of hydrogen-bond acceptors (Lipinski definition) is 5. The highest BCUT2D eigenvalue weighted by atomic mass is 32.1. The number of nitrogens with one attached hydrogen (secondary N) is 1. The van der Waals surface area contributed by atoms with Crippen LogP contribution in [0, 0.1) is 6.92 Å². The SMILES string of the molecule is COC(=O)c1c(NC(=O)c2cc(-c3ccc(C)cc3)nc3ccccc23)sc2c1CCC2. The zero-order chi connectivity index (χ0) is 22.2. The van der Waals surface area contributed by atoms with Gasteiger partial charge in [-0.1, -0.05) is 48.0 Å². The van der Waals surface area contributed by atoms with Gasteiger partial charge in [-0.05, 0) is 43.9 Å². The Morgan fingerprint density at radius 1 is 1.06 bits per heavy atom. The summed E-state index contributed by atoms with van der Waals surface area (Å²) in [5.74, 6) is -0.665. The van der Waals surface area contributed by atoms with Crippen LogP contribution in [0.25, 0.3) is 22.2 Å². The van der Waals surface area contributed by atoms with Crippen molar-refractivity contribution in [1.82, 2.24) is 4.98 Å². The van der Waals surface area contributed by atoms with E-state index in [0.29, 0.717) is 16.1 Å². The largest absolute Gasteiger partial charge is 0.465 e. The summed E-state index contributed by atoms with van der Waals surface area (Å²) in [5, 5.41) is 4.33. The van der Waals surface area contributed by atoms with Crippen molar-refractivity contribution >= 4 is 39.1 Å². The van der Waals surface area contributed by atoms with Crippen molar-refractivity contribution in [3.8, 4) is 11.3 Å². The minimum absolute atomic E-state index is 0.262. The van der Waals surface area contributed by atoms with E-state index in [1.54, 1.807) is 0 Å². The Morgan fingerprint density at radius 2 is 1.84 bits per heavy atom. The summed E-state index contributed by atoms with van der Waals surface area (Å²) in [6, 6.07) is 17.5. The summed E-state index contributed by atoms with van der Waals surface area (Å²) in [4.78, 5) is 31.9. The second kappa shape index (κ2) is 8.20. The molecule has 2 aromatic heterocycles. The number of aryl methyl sites for hydroxylation is 2. The first-order valence-electron chi connectivity index (χ1n) is 10.6. The molecule has 0 atom stereocenters. The van der Waals surface area contributed by atoms with Gasteiger partial charge in [-0.15, -0.1) is 11.3 Å². The van der Waals surface area contributed by atoms with E-state index in [2.05, 4.69) is 5.32 Å². The number of carbonyl (C=O) groups is 2. The molecule has 0 radical (unpaired) electrons. The van der Waals surface area contributed by atoms with Crippen molar-refractivity contribution in [3.05, 3.63) is 81.7 Å².